The van der Waals surface area contributed by atoms with E-state index in [1.54, 1.807) is 0 Å². The van der Waals surface area contributed by atoms with Crippen molar-refractivity contribution in [2.75, 3.05) is 27.2 Å². The SMILES string of the molecule is CN1CCCC1CN(C)S(=O)(=O)c1cc([N+](=O)[O-])c(Cl)s1. The molecule has 118 valence electrons. The Morgan fingerprint density at radius 3 is 2.76 bits per heavy atom. The summed E-state index contributed by atoms with van der Waals surface area (Å²) >= 11 is 6.45. The van der Waals surface area contributed by atoms with E-state index in [0.29, 0.717) is 6.54 Å². The van der Waals surface area contributed by atoms with Gasteiger partial charge in [0.05, 0.1) is 4.92 Å². The average molecular weight is 354 g/mol. The number of nitrogens with zero attached hydrogens (tertiary/aromatic N) is 3. The standard InChI is InChI=1S/C11H16ClN3O4S2/c1-13-5-3-4-8(13)7-14(2)21(18,19)10-6-9(15(16)17)11(12)20-10/h6,8H,3-5,7H2,1-2H3. The summed E-state index contributed by atoms with van der Waals surface area (Å²) in [5.41, 5.74) is -0.369. The van der Waals surface area contributed by atoms with Gasteiger partial charge in [-0.25, -0.2) is 8.42 Å². The summed E-state index contributed by atoms with van der Waals surface area (Å²) in [6.45, 7) is 1.32. The van der Waals surface area contributed by atoms with Crippen LogP contribution in [0.5, 0.6) is 0 Å². The fraction of sp³-hybridized carbons (Fsp3) is 0.636. The Balaban J connectivity index is 2.20. The molecule has 0 N–H and O–H groups in total. The van der Waals surface area contributed by atoms with Crippen LogP contribution in [-0.4, -0.2) is 55.8 Å². The van der Waals surface area contributed by atoms with Gasteiger partial charge in [-0.05, 0) is 26.4 Å². The lowest BCUT2D eigenvalue weighted by atomic mass is 10.2. The first-order chi connectivity index (χ1) is 9.73. The first kappa shape index (κ1) is 16.6. The van der Waals surface area contributed by atoms with Gasteiger partial charge in [0.1, 0.15) is 4.21 Å². The molecule has 0 radical (unpaired) electrons. The lowest BCUT2D eigenvalue weighted by Gasteiger charge is -2.24. The molecule has 1 aromatic heterocycles. The summed E-state index contributed by atoms with van der Waals surface area (Å²) in [7, 11) is -0.298. The molecule has 10 heteroatoms. The number of halogens is 1. The van der Waals surface area contributed by atoms with E-state index < -0.39 is 14.9 Å². The molecular weight excluding hydrogens is 338 g/mol. The summed E-state index contributed by atoms with van der Waals surface area (Å²) in [5, 5.41) is 10.8. The zero-order valence-electron chi connectivity index (χ0n) is 11.7. The molecule has 1 aromatic rings. The van der Waals surface area contributed by atoms with E-state index in [4.69, 9.17) is 11.6 Å². The second-order valence-corrected chi connectivity index (χ2v) is 8.97. The minimum absolute atomic E-state index is 0.0950. The average Bonchev–Trinajstić information content (AvgIpc) is 2.96. The quantitative estimate of drug-likeness (QED) is 0.597. The number of hydrogen-bond donors (Lipinski definition) is 0. The summed E-state index contributed by atoms with van der Waals surface area (Å²) in [4.78, 5) is 12.2. The summed E-state index contributed by atoms with van der Waals surface area (Å²) in [5.74, 6) is 0. The van der Waals surface area contributed by atoms with Gasteiger partial charge >= 0.3 is 0 Å². The van der Waals surface area contributed by atoms with Crippen LogP contribution in [0.25, 0.3) is 0 Å². The summed E-state index contributed by atoms with van der Waals surface area (Å²) < 4.78 is 25.9. The molecule has 1 unspecified atom stereocenters. The largest absolute Gasteiger partial charge is 0.302 e. The van der Waals surface area contributed by atoms with Crippen LogP contribution >= 0.6 is 22.9 Å². The smallest absolute Gasteiger partial charge is 0.300 e. The lowest BCUT2D eigenvalue weighted by molar-refractivity contribution is -0.384. The second-order valence-electron chi connectivity index (χ2n) is 5.04. The van der Waals surface area contributed by atoms with E-state index in [1.165, 1.54) is 11.4 Å². The molecular formula is C11H16ClN3O4S2. The van der Waals surface area contributed by atoms with E-state index >= 15 is 0 Å². The first-order valence-corrected chi connectivity index (χ1v) is 8.97. The van der Waals surface area contributed by atoms with Crippen molar-refractivity contribution in [3.63, 3.8) is 0 Å². The Labute approximate surface area is 132 Å². The number of hydrogen-bond acceptors (Lipinski definition) is 6. The third kappa shape index (κ3) is 3.37. The Hall–Kier alpha value is -0.740. The van der Waals surface area contributed by atoms with Gasteiger partial charge < -0.3 is 4.90 Å². The Bertz CT molecular complexity index is 646. The van der Waals surface area contributed by atoms with Gasteiger partial charge in [-0.15, -0.1) is 11.3 Å². The van der Waals surface area contributed by atoms with Crippen LogP contribution in [0.2, 0.25) is 4.34 Å². The Kier molecular flexibility index (Phi) is 4.89. The summed E-state index contributed by atoms with van der Waals surface area (Å²) in [6, 6.07) is 1.20. The third-order valence-corrected chi connectivity index (χ3v) is 7.26. The van der Waals surface area contributed by atoms with Crippen LogP contribution in [0, 0.1) is 10.1 Å². The van der Waals surface area contributed by atoms with Gasteiger partial charge in [0.15, 0.2) is 4.34 Å². The van der Waals surface area contributed by atoms with Crippen molar-refractivity contribution in [3.8, 4) is 0 Å². The van der Waals surface area contributed by atoms with Crippen LogP contribution in [-0.2, 0) is 10.0 Å². The maximum Gasteiger partial charge on any atom is 0.300 e. The monoisotopic (exact) mass is 353 g/mol. The third-order valence-electron chi connectivity index (χ3n) is 3.65. The molecule has 0 amide bonds. The highest BCUT2D eigenvalue weighted by molar-refractivity contribution is 7.91. The molecule has 0 saturated carbocycles. The molecule has 1 aliphatic heterocycles. The highest BCUT2D eigenvalue weighted by Crippen LogP contribution is 2.37. The normalized spacial score (nSPS) is 20.3. The van der Waals surface area contributed by atoms with Crippen LogP contribution < -0.4 is 0 Å². The maximum atomic E-state index is 12.5. The minimum Gasteiger partial charge on any atom is -0.302 e. The van der Waals surface area contributed by atoms with Gasteiger partial charge in [-0.2, -0.15) is 4.31 Å². The zero-order valence-corrected chi connectivity index (χ0v) is 14.0. The Morgan fingerprint density at radius 1 is 1.62 bits per heavy atom. The van der Waals surface area contributed by atoms with Crippen molar-refractivity contribution in [1.82, 2.24) is 9.21 Å². The van der Waals surface area contributed by atoms with E-state index in [2.05, 4.69) is 4.90 Å². The zero-order chi connectivity index (χ0) is 15.8. The van der Waals surface area contributed by atoms with Crippen molar-refractivity contribution >= 4 is 38.6 Å². The van der Waals surface area contributed by atoms with Crippen molar-refractivity contribution < 1.29 is 13.3 Å². The predicted molar refractivity (Wildman–Crippen MR) is 81.5 cm³/mol. The van der Waals surface area contributed by atoms with Gasteiger partial charge in [0.25, 0.3) is 15.7 Å². The van der Waals surface area contributed by atoms with Gasteiger partial charge in [0, 0.05) is 25.7 Å². The molecule has 1 fully saturated rings. The van der Waals surface area contributed by atoms with E-state index in [0.717, 1.165) is 36.8 Å². The molecule has 0 aliphatic carbocycles. The van der Waals surface area contributed by atoms with Crippen LogP contribution in [0.4, 0.5) is 5.69 Å². The first-order valence-electron chi connectivity index (χ1n) is 6.33. The Morgan fingerprint density at radius 2 is 2.29 bits per heavy atom. The van der Waals surface area contributed by atoms with Gasteiger partial charge in [-0.1, -0.05) is 11.6 Å². The molecule has 1 aliphatic rings. The molecule has 0 spiro atoms. The van der Waals surface area contributed by atoms with Crippen LogP contribution in [0.1, 0.15) is 12.8 Å². The van der Waals surface area contributed by atoms with E-state index in [9.17, 15) is 18.5 Å². The molecule has 0 bridgehead atoms. The number of nitro groups is 1. The molecule has 1 saturated heterocycles. The minimum atomic E-state index is -3.75. The fourth-order valence-electron chi connectivity index (χ4n) is 2.35. The topological polar surface area (TPSA) is 83.8 Å². The van der Waals surface area contributed by atoms with Crippen LogP contribution in [0.3, 0.4) is 0 Å². The van der Waals surface area contributed by atoms with Crippen molar-refractivity contribution in [2.45, 2.75) is 23.1 Å². The van der Waals surface area contributed by atoms with E-state index in [1.807, 2.05) is 7.05 Å². The van der Waals surface area contributed by atoms with Gasteiger partial charge in [-0.3, -0.25) is 10.1 Å². The maximum absolute atomic E-state index is 12.5. The highest BCUT2D eigenvalue weighted by Gasteiger charge is 2.31. The molecule has 1 atom stereocenters. The molecule has 0 aromatic carbocycles. The number of likely N-dealkylation sites (tertiary alicyclic amines) is 1. The van der Waals surface area contributed by atoms with E-state index in [-0.39, 0.29) is 20.3 Å². The highest BCUT2D eigenvalue weighted by atomic mass is 35.5. The number of thiophene rings is 1. The van der Waals surface area contributed by atoms with Crippen molar-refractivity contribution in [1.29, 1.82) is 0 Å². The lowest BCUT2D eigenvalue weighted by Crippen LogP contribution is -2.39. The molecule has 2 heterocycles. The van der Waals surface area contributed by atoms with Gasteiger partial charge in [0.2, 0.25) is 0 Å². The number of likely N-dealkylation sites (N-methyl/N-ethyl adjacent to an activating group) is 2. The second kappa shape index (κ2) is 6.17. The summed E-state index contributed by atoms with van der Waals surface area (Å²) in [6.07, 6.45) is 1.99. The molecule has 21 heavy (non-hydrogen) atoms. The van der Waals surface area contributed by atoms with Crippen molar-refractivity contribution in [2.24, 2.45) is 0 Å². The molecule has 7 nitrogen and oxygen atoms in total. The number of rotatable bonds is 5. The molecule has 2 rings (SSSR count). The van der Waals surface area contributed by atoms with Crippen LogP contribution in [0.15, 0.2) is 10.3 Å². The number of sulfonamides is 1. The predicted octanol–water partition coefficient (Wildman–Crippen LogP) is 2.02. The van der Waals surface area contributed by atoms with Crippen molar-refractivity contribution in [3.05, 3.63) is 20.5 Å². The fourth-order valence-corrected chi connectivity index (χ4v) is 5.43.